The summed E-state index contributed by atoms with van der Waals surface area (Å²) >= 11 is 1.77. The van der Waals surface area contributed by atoms with Gasteiger partial charge in [-0.2, -0.15) is 0 Å². The summed E-state index contributed by atoms with van der Waals surface area (Å²) in [5.74, 6) is 2.90. The van der Waals surface area contributed by atoms with E-state index in [1.807, 2.05) is 7.05 Å². The molecule has 4 nitrogen and oxygen atoms in total. The zero-order valence-electron chi connectivity index (χ0n) is 14.0. The molecule has 2 N–H and O–H groups in total. The molecule has 2 aliphatic rings. The van der Waals surface area contributed by atoms with Crippen molar-refractivity contribution in [3.8, 4) is 0 Å². The second-order valence-electron chi connectivity index (χ2n) is 6.77. The number of thiazole rings is 1. The molecule has 0 aliphatic heterocycles. The van der Waals surface area contributed by atoms with Gasteiger partial charge in [0.25, 0.3) is 0 Å². The maximum Gasteiger partial charge on any atom is 0.191 e. The van der Waals surface area contributed by atoms with Gasteiger partial charge in [0.2, 0.25) is 0 Å². The maximum atomic E-state index is 4.49. The standard InChI is InChI=1S/C17H28N4S/c1-11-16(22-12(2)20-11)10-19-17(18-3)21-15-8-7-13-5-4-6-14(13)9-15/h13-15H,4-10H2,1-3H3,(H2,18,19,21). The molecule has 0 aromatic carbocycles. The van der Waals surface area contributed by atoms with Crippen LogP contribution in [0.2, 0.25) is 0 Å². The van der Waals surface area contributed by atoms with E-state index in [-0.39, 0.29) is 0 Å². The van der Waals surface area contributed by atoms with E-state index < -0.39 is 0 Å². The van der Waals surface area contributed by atoms with E-state index in [2.05, 4.69) is 34.5 Å². The van der Waals surface area contributed by atoms with E-state index in [9.17, 15) is 0 Å². The van der Waals surface area contributed by atoms with Crippen LogP contribution in [0.5, 0.6) is 0 Å². The highest BCUT2D eigenvalue weighted by molar-refractivity contribution is 7.11. The number of rotatable bonds is 3. The van der Waals surface area contributed by atoms with Crippen LogP contribution in [-0.4, -0.2) is 24.0 Å². The summed E-state index contributed by atoms with van der Waals surface area (Å²) in [7, 11) is 1.86. The monoisotopic (exact) mass is 320 g/mol. The predicted molar refractivity (Wildman–Crippen MR) is 93.4 cm³/mol. The highest BCUT2D eigenvalue weighted by Gasteiger charge is 2.33. The van der Waals surface area contributed by atoms with Gasteiger partial charge in [0.05, 0.1) is 17.2 Å². The summed E-state index contributed by atoms with van der Waals surface area (Å²) in [5.41, 5.74) is 1.14. The van der Waals surface area contributed by atoms with Crippen molar-refractivity contribution in [1.29, 1.82) is 0 Å². The molecule has 3 rings (SSSR count). The van der Waals surface area contributed by atoms with Gasteiger partial charge in [-0.15, -0.1) is 11.3 Å². The van der Waals surface area contributed by atoms with Gasteiger partial charge in [-0.25, -0.2) is 4.98 Å². The number of aliphatic imine (C=N–C) groups is 1. The third kappa shape index (κ3) is 3.62. The van der Waals surface area contributed by atoms with Crippen molar-refractivity contribution in [3.63, 3.8) is 0 Å². The molecule has 3 atom stereocenters. The van der Waals surface area contributed by atoms with Crippen LogP contribution in [0.15, 0.2) is 4.99 Å². The highest BCUT2D eigenvalue weighted by atomic mass is 32.1. The Morgan fingerprint density at radius 2 is 2.05 bits per heavy atom. The van der Waals surface area contributed by atoms with Gasteiger partial charge in [-0.1, -0.05) is 19.3 Å². The Bertz CT molecular complexity index is 537. The van der Waals surface area contributed by atoms with Crippen molar-refractivity contribution in [2.45, 2.75) is 65.0 Å². The Kier molecular flexibility index (Phi) is 5.01. The quantitative estimate of drug-likeness (QED) is 0.663. The molecule has 1 aromatic rings. The molecule has 22 heavy (non-hydrogen) atoms. The van der Waals surface area contributed by atoms with Gasteiger partial charge in [0.1, 0.15) is 0 Å². The fraction of sp³-hybridized carbons (Fsp3) is 0.765. The van der Waals surface area contributed by atoms with E-state index >= 15 is 0 Å². The van der Waals surface area contributed by atoms with E-state index in [0.717, 1.165) is 35.0 Å². The average molecular weight is 321 g/mol. The lowest BCUT2D eigenvalue weighted by molar-refractivity contribution is 0.239. The molecule has 2 saturated carbocycles. The number of guanidine groups is 1. The molecule has 1 heterocycles. The van der Waals surface area contributed by atoms with Crippen LogP contribution >= 0.6 is 11.3 Å². The van der Waals surface area contributed by atoms with Gasteiger partial charge in [0.15, 0.2) is 5.96 Å². The molecule has 3 unspecified atom stereocenters. The maximum absolute atomic E-state index is 4.49. The summed E-state index contributed by atoms with van der Waals surface area (Å²) in [6, 6.07) is 0.592. The second kappa shape index (κ2) is 6.99. The van der Waals surface area contributed by atoms with Crippen molar-refractivity contribution in [1.82, 2.24) is 15.6 Å². The number of nitrogens with one attached hydrogen (secondary N) is 2. The van der Waals surface area contributed by atoms with Crippen LogP contribution in [-0.2, 0) is 6.54 Å². The van der Waals surface area contributed by atoms with Gasteiger partial charge < -0.3 is 10.6 Å². The van der Waals surface area contributed by atoms with Crippen molar-refractivity contribution < 1.29 is 0 Å². The minimum Gasteiger partial charge on any atom is -0.354 e. The summed E-state index contributed by atoms with van der Waals surface area (Å²) in [5, 5.41) is 8.23. The number of hydrogen-bond donors (Lipinski definition) is 2. The summed E-state index contributed by atoms with van der Waals surface area (Å²) in [4.78, 5) is 10.2. The first kappa shape index (κ1) is 15.8. The summed E-state index contributed by atoms with van der Waals surface area (Å²) in [6.45, 7) is 4.96. The second-order valence-corrected chi connectivity index (χ2v) is 8.06. The first-order valence-electron chi connectivity index (χ1n) is 8.55. The molecule has 0 amide bonds. The molecule has 2 aliphatic carbocycles. The number of aromatic nitrogens is 1. The zero-order chi connectivity index (χ0) is 15.5. The van der Waals surface area contributed by atoms with E-state index in [4.69, 9.17) is 0 Å². The lowest BCUT2D eigenvalue weighted by Crippen LogP contribution is -2.45. The third-order valence-electron chi connectivity index (χ3n) is 5.27. The fourth-order valence-electron chi connectivity index (χ4n) is 4.12. The molecule has 122 valence electrons. The van der Waals surface area contributed by atoms with Crippen LogP contribution in [0.1, 0.15) is 54.1 Å². The normalized spacial score (nSPS) is 28.5. The molecular weight excluding hydrogens is 292 g/mol. The molecule has 2 fully saturated rings. The third-order valence-corrected chi connectivity index (χ3v) is 6.34. The van der Waals surface area contributed by atoms with E-state index in [1.165, 1.54) is 43.4 Å². The molecule has 0 radical (unpaired) electrons. The molecule has 0 saturated heterocycles. The first-order valence-corrected chi connectivity index (χ1v) is 9.37. The van der Waals surface area contributed by atoms with Gasteiger partial charge in [-0.05, 0) is 44.9 Å². The topological polar surface area (TPSA) is 49.3 Å². The Labute approximate surface area is 137 Å². The molecule has 0 spiro atoms. The minimum absolute atomic E-state index is 0.592. The zero-order valence-corrected chi connectivity index (χ0v) is 14.8. The van der Waals surface area contributed by atoms with E-state index in [0.29, 0.717) is 6.04 Å². The van der Waals surface area contributed by atoms with Crippen molar-refractivity contribution in [2.75, 3.05) is 7.05 Å². The number of fused-ring (bicyclic) bond motifs is 1. The molecule has 0 bridgehead atoms. The van der Waals surface area contributed by atoms with Crippen LogP contribution in [0, 0.1) is 25.7 Å². The Hall–Kier alpha value is -1.10. The summed E-state index contributed by atoms with van der Waals surface area (Å²) in [6.07, 6.45) is 8.36. The minimum atomic E-state index is 0.592. The molecular formula is C17H28N4S. The van der Waals surface area contributed by atoms with Gasteiger partial charge in [0, 0.05) is 18.0 Å². The SMILES string of the molecule is CN=C(NCc1sc(C)nc1C)NC1CCC2CCCC2C1. The smallest absolute Gasteiger partial charge is 0.191 e. The average Bonchev–Trinajstić information content (AvgIpc) is 3.09. The molecule has 5 heteroatoms. The van der Waals surface area contributed by atoms with Crippen LogP contribution in [0.4, 0.5) is 0 Å². The molecule has 1 aromatic heterocycles. The van der Waals surface area contributed by atoms with Gasteiger partial charge in [-0.3, -0.25) is 4.99 Å². The van der Waals surface area contributed by atoms with Crippen molar-refractivity contribution in [2.24, 2.45) is 16.8 Å². The van der Waals surface area contributed by atoms with E-state index in [1.54, 1.807) is 11.3 Å². The number of hydrogen-bond acceptors (Lipinski definition) is 3. The lowest BCUT2D eigenvalue weighted by Gasteiger charge is -2.33. The van der Waals surface area contributed by atoms with Gasteiger partial charge >= 0.3 is 0 Å². The van der Waals surface area contributed by atoms with Crippen LogP contribution in [0.25, 0.3) is 0 Å². The lowest BCUT2D eigenvalue weighted by atomic mass is 9.79. The number of nitrogens with zero attached hydrogens (tertiary/aromatic N) is 2. The highest BCUT2D eigenvalue weighted by Crippen LogP contribution is 2.41. The van der Waals surface area contributed by atoms with Crippen LogP contribution < -0.4 is 10.6 Å². The largest absolute Gasteiger partial charge is 0.354 e. The van der Waals surface area contributed by atoms with Crippen molar-refractivity contribution in [3.05, 3.63) is 15.6 Å². The Balaban J connectivity index is 1.51. The Morgan fingerprint density at radius 3 is 2.77 bits per heavy atom. The number of aryl methyl sites for hydroxylation is 2. The fourth-order valence-corrected chi connectivity index (χ4v) is 5.00. The first-order chi connectivity index (χ1) is 10.7. The predicted octanol–water partition coefficient (Wildman–Crippen LogP) is 3.39. The van der Waals surface area contributed by atoms with Crippen LogP contribution in [0.3, 0.4) is 0 Å². The summed E-state index contributed by atoms with van der Waals surface area (Å²) < 4.78 is 0. The van der Waals surface area contributed by atoms with Crippen molar-refractivity contribution >= 4 is 17.3 Å². The Morgan fingerprint density at radius 1 is 1.23 bits per heavy atom.